The van der Waals surface area contributed by atoms with Crippen LogP contribution in [0.5, 0.6) is 5.75 Å². The first-order valence-electron chi connectivity index (χ1n) is 13.9. The normalized spacial score (nSPS) is 11.7. The molecule has 3 aromatic rings. The minimum atomic E-state index is -3.94. The summed E-state index contributed by atoms with van der Waals surface area (Å²) in [5, 5.41) is 0. The zero-order valence-electron chi connectivity index (χ0n) is 23.0. The van der Waals surface area contributed by atoms with Gasteiger partial charge in [-0.3, -0.25) is 13.9 Å². The smallest absolute Gasteiger partial charge is 0.278 e. The number of hydrogen-bond acceptors (Lipinski definition) is 5. The number of imidazole rings is 1. The van der Waals surface area contributed by atoms with E-state index in [1.54, 1.807) is 22.9 Å². The molecule has 0 fully saturated rings. The Morgan fingerprint density at radius 1 is 0.881 bits per heavy atom. The maximum atomic E-state index is 14.8. The van der Waals surface area contributed by atoms with E-state index in [0.29, 0.717) is 49.2 Å². The van der Waals surface area contributed by atoms with Crippen molar-refractivity contribution in [1.29, 1.82) is 0 Å². The van der Waals surface area contributed by atoms with E-state index in [-0.39, 0.29) is 30.1 Å². The molecular formula is C32H32FN3O5S. The molecule has 0 unspecified atom stereocenters. The number of unbranched alkanes of at least 4 members (excludes halogenated alkanes) is 3. The summed E-state index contributed by atoms with van der Waals surface area (Å²) in [6.07, 6.45) is 4.80. The van der Waals surface area contributed by atoms with E-state index in [2.05, 4.69) is 4.98 Å². The molecule has 5 rings (SSSR count). The van der Waals surface area contributed by atoms with Gasteiger partial charge in [-0.15, -0.1) is 0 Å². The summed E-state index contributed by atoms with van der Waals surface area (Å²) in [5.41, 5.74) is 4.29. The van der Waals surface area contributed by atoms with Gasteiger partial charge >= 0.3 is 0 Å². The van der Waals surface area contributed by atoms with Crippen LogP contribution in [0.1, 0.15) is 48.2 Å². The first kappa shape index (κ1) is 29.2. The molecule has 0 spiro atoms. The van der Waals surface area contributed by atoms with Gasteiger partial charge in [-0.05, 0) is 41.7 Å². The SMILES string of the molecule is O=c1c(Cc2ccc(OCCCCCCS(=O)(=O)O)c(F)c2)nc2c(Cc3ccccc3)[nH]c(-c3ccccc3)cn1-2. The molecule has 0 saturated carbocycles. The molecule has 8 nitrogen and oxygen atoms in total. The lowest BCUT2D eigenvalue weighted by Gasteiger charge is -2.13. The summed E-state index contributed by atoms with van der Waals surface area (Å²) < 4.78 is 52.3. The molecule has 2 aliphatic rings. The Morgan fingerprint density at radius 3 is 2.31 bits per heavy atom. The van der Waals surface area contributed by atoms with Crippen LogP contribution in [0.25, 0.3) is 17.1 Å². The summed E-state index contributed by atoms with van der Waals surface area (Å²) in [6, 6.07) is 24.4. The first-order chi connectivity index (χ1) is 20.3. The molecule has 0 atom stereocenters. The van der Waals surface area contributed by atoms with E-state index < -0.39 is 15.9 Å². The van der Waals surface area contributed by atoms with Crippen LogP contribution in [0.2, 0.25) is 0 Å². The van der Waals surface area contributed by atoms with Crippen LogP contribution in [0.4, 0.5) is 4.39 Å². The third-order valence-corrected chi connectivity index (χ3v) is 7.78. The molecule has 0 aromatic heterocycles. The quantitative estimate of drug-likeness (QED) is 0.132. The standard InChI is InChI=1S/C32H32FN3O5S/c33-26-19-24(15-16-30(26)41-17-9-1-2-10-18-42(38,39)40)21-28-32(37)36-22-29(25-13-7-4-8-14-25)34-27(31(36)35-28)20-23-11-5-3-6-12-23/h3-8,11-16,19,22,34H,1-2,9-10,17-18,20-21H2,(H,38,39,40). The number of ether oxygens (including phenoxy) is 1. The molecular weight excluding hydrogens is 557 g/mol. The predicted molar refractivity (Wildman–Crippen MR) is 160 cm³/mol. The average molecular weight is 590 g/mol. The number of benzene rings is 3. The van der Waals surface area contributed by atoms with Gasteiger partial charge < -0.3 is 9.72 Å². The van der Waals surface area contributed by atoms with Crippen LogP contribution in [-0.4, -0.2) is 39.9 Å². The highest BCUT2D eigenvalue weighted by Crippen LogP contribution is 2.25. The van der Waals surface area contributed by atoms with Crippen molar-refractivity contribution in [2.45, 2.75) is 38.5 Å². The highest BCUT2D eigenvalue weighted by Gasteiger charge is 2.21. The van der Waals surface area contributed by atoms with Crippen LogP contribution in [0, 0.1) is 5.82 Å². The highest BCUT2D eigenvalue weighted by atomic mass is 32.2. The fraction of sp³-hybridized carbons (Fsp3) is 0.250. The zero-order chi connectivity index (χ0) is 29.5. The number of fused-ring (bicyclic) bond motifs is 1. The fourth-order valence-corrected chi connectivity index (χ4v) is 5.44. The van der Waals surface area contributed by atoms with E-state index in [1.165, 1.54) is 6.07 Å². The fourth-order valence-electron chi connectivity index (χ4n) is 4.87. The molecule has 2 aliphatic heterocycles. The van der Waals surface area contributed by atoms with Crippen LogP contribution in [0.3, 0.4) is 0 Å². The Kier molecular flexibility index (Phi) is 9.14. The van der Waals surface area contributed by atoms with Crippen LogP contribution >= 0.6 is 0 Å². The molecule has 0 saturated heterocycles. The number of H-pyrrole nitrogens is 1. The molecule has 0 radical (unpaired) electrons. The lowest BCUT2D eigenvalue weighted by atomic mass is 10.1. The van der Waals surface area contributed by atoms with Crippen molar-refractivity contribution >= 4 is 10.1 Å². The van der Waals surface area contributed by atoms with Crippen molar-refractivity contribution in [3.63, 3.8) is 0 Å². The predicted octanol–water partition coefficient (Wildman–Crippen LogP) is 5.81. The van der Waals surface area contributed by atoms with Gasteiger partial charge in [0.05, 0.1) is 23.7 Å². The van der Waals surface area contributed by atoms with Gasteiger partial charge in [0.2, 0.25) is 0 Å². The molecule has 0 bridgehead atoms. The topological polar surface area (TPSA) is 114 Å². The molecule has 42 heavy (non-hydrogen) atoms. The van der Waals surface area contributed by atoms with Gasteiger partial charge in [-0.25, -0.2) is 9.37 Å². The number of nitrogens with one attached hydrogen (secondary N) is 1. The second-order valence-corrected chi connectivity index (χ2v) is 11.8. The molecule has 2 heterocycles. The summed E-state index contributed by atoms with van der Waals surface area (Å²) in [7, 11) is -3.94. The van der Waals surface area contributed by atoms with E-state index in [0.717, 1.165) is 22.5 Å². The van der Waals surface area contributed by atoms with Gasteiger partial charge in [0, 0.05) is 19.0 Å². The van der Waals surface area contributed by atoms with Crippen molar-refractivity contribution in [1.82, 2.24) is 14.5 Å². The van der Waals surface area contributed by atoms with Gasteiger partial charge in [0.15, 0.2) is 17.4 Å². The Hall–Kier alpha value is -4.28. The number of rotatable bonds is 13. The highest BCUT2D eigenvalue weighted by molar-refractivity contribution is 7.85. The van der Waals surface area contributed by atoms with Gasteiger partial charge in [0.1, 0.15) is 5.69 Å². The Labute approximate surface area is 243 Å². The molecule has 218 valence electrons. The van der Waals surface area contributed by atoms with Gasteiger partial charge in [0.25, 0.3) is 15.7 Å². The molecule has 3 aromatic carbocycles. The van der Waals surface area contributed by atoms with E-state index >= 15 is 0 Å². The molecule has 2 N–H and O–H groups in total. The number of nitrogens with zero attached hydrogens (tertiary/aromatic N) is 2. The summed E-state index contributed by atoms with van der Waals surface area (Å²) in [6.45, 7) is 0.281. The molecule has 10 heteroatoms. The van der Waals surface area contributed by atoms with Crippen molar-refractivity contribution in [2.75, 3.05) is 12.4 Å². The van der Waals surface area contributed by atoms with Crippen LogP contribution in [0.15, 0.2) is 89.9 Å². The van der Waals surface area contributed by atoms with E-state index in [4.69, 9.17) is 14.3 Å². The van der Waals surface area contributed by atoms with Crippen molar-refractivity contribution in [3.05, 3.63) is 124 Å². The number of halogens is 1. The number of aromatic amines is 1. The van der Waals surface area contributed by atoms with Crippen molar-refractivity contribution in [2.24, 2.45) is 0 Å². The van der Waals surface area contributed by atoms with E-state index in [9.17, 15) is 17.6 Å². The summed E-state index contributed by atoms with van der Waals surface area (Å²) in [4.78, 5) is 21.7. The monoisotopic (exact) mass is 589 g/mol. The Bertz CT molecular complexity index is 1770. The number of hydrogen-bond donors (Lipinski definition) is 2. The van der Waals surface area contributed by atoms with Crippen LogP contribution < -0.4 is 10.3 Å². The second-order valence-electron chi connectivity index (χ2n) is 10.2. The summed E-state index contributed by atoms with van der Waals surface area (Å²) in [5.74, 6) is -0.140. The van der Waals surface area contributed by atoms with Gasteiger partial charge in [-0.2, -0.15) is 8.42 Å². The maximum absolute atomic E-state index is 14.8. The largest absolute Gasteiger partial charge is 0.491 e. The zero-order valence-corrected chi connectivity index (χ0v) is 23.8. The van der Waals surface area contributed by atoms with Crippen LogP contribution in [-0.2, 0) is 23.0 Å². The van der Waals surface area contributed by atoms with Crippen molar-refractivity contribution < 1.29 is 22.1 Å². The lowest BCUT2D eigenvalue weighted by Crippen LogP contribution is -2.18. The molecule has 0 aliphatic carbocycles. The minimum Gasteiger partial charge on any atom is -0.491 e. The van der Waals surface area contributed by atoms with Gasteiger partial charge in [-0.1, -0.05) is 79.6 Å². The first-order valence-corrected chi connectivity index (χ1v) is 15.5. The second kappa shape index (κ2) is 13.1. The maximum Gasteiger partial charge on any atom is 0.278 e. The minimum absolute atomic E-state index is 0.112. The third kappa shape index (κ3) is 7.51. The lowest BCUT2D eigenvalue weighted by molar-refractivity contribution is 0.290. The Balaban J connectivity index is 1.32. The average Bonchev–Trinajstić information content (AvgIpc) is 3.29. The van der Waals surface area contributed by atoms with E-state index in [1.807, 2.05) is 60.7 Å². The number of aromatic nitrogens is 3. The van der Waals surface area contributed by atoms with Crippen molar-refractivity contribution in [3.8, 4) is 22.8 Å². The molecule has 0 amide bonds. The third-order valence-electron chi connectivity index (χ3n) is 6.98. The summed E-state index contributed by atoms with van der Waals surface area (Å²) >= 11 is 0. The Morgan fingerprint density at radius 2 is 1.60 bits per heavy atom.